The molecule has 0 aliphatic carbocycles. The first-order valence-corrected chi connectivity index (χ1v) is 5.04. The first-order valence-electron chi connectivity index (χ1n) is 5.04. The van der Waals surface area contributed by atoms with E-state index < -0.39 is 12.2 Å². The molecule has 0 rings (SSSR count). The SMILES string of the molecule is CCCCOC(=O)NCCCNC(=O)O. The minimum atomic E-state index is -1.06. The molecule has 2 amide bonds. The number of unbranched alkanes of at least 4 members (excludes halogenated alkanes) is 1. The van der Waals surface area contributed by atoms with E-state index in [9.17, 15) is 9.59 Å². The zero-order valence-corrected chi connectivity index (χ0v) is 8.91. The molecule has 3 N–H and O–H groups in total. The van der Waals surface area contributed by atoms with Crippen molar-refractivity contribution in [2.24, 2.45) is 0 Å². The molecule has 0 aromatic carbocycles. The number of carbonyl (C=O) groups excluding carboxylic acids is 1. The second kappa shape index (κ2) is 9.11. The molecular weight excluding hydrogens is 200 g/mol. The summed E-state index contributed by atoms with van der Waals surface area (Å²) in [5, 5.41) is 13.0. The summed E-state index contributed by atoms with van der Waals surface area (Å²) in [6.07, 6.45) is 0.887. The summed E-state index contributed by atoms with van der Waals surface area (Å²) >= 11 is 0. The van der Waals surface area contributed by atoms with Crippen LogP contribution in [0.25, 0.3) is 0 Å². The third-order valence-corrected chi connectivity index (χ3v) is 1.63. The van der Waals surface area contributed by atoms with Crippen LogP contribution in [0, 0.1) is 0 Å². The van der Waals surface area contributed by atoms with Gasteiger partial charge in [-0.2, -0.15) is 0 Å². The van der Waals surface area contributed by atoms with Gasteiger partial charge in [0.15, 0.2) is 0 Å². The quantitative estimate of drug-likeness (QED) is 0.560. The Hall–Kier alpha value is -1.46. The monoisotopic (exact) mass is 218 g/mol. The van der Waals surface area contributed by atoms with Crippen molar-refractivity contribution in [1.82, 2.24) is 10.6 Å². The number of alkyl carbamates (subject to hydrolysis) is 1. The summed E-state index contributed by atoms with van der Waals surface area (Å²) in [5.41, 5.74) is 0. The number of rotatable bonds is 7. The van der Waals surface area contributed by atoms with E-state index in [0.717, 1.165) is 12.8 Å². The van der Waals surface area contributed by atoms with Crippen LogP contribution in [0.3, 0.4) is 0 Å². The lowest BCUT2D eigenvalue weighted by molar-refractivity contribution is 0.144. The van der Waals surface area contributed by atoms with Crippen molar-refractivity contribution in [2.75, 3.05) is 19.7 Å². The molecule has 0 fully saturated rings. The predicted octanol–water partition coefficient (Wildman–Crippen LogP) is 1.17. The van der Waals surface area contributed by atoms with Gasteiger partial charge in [0.2, 0.25) is 0 Å². The minimum absolute atomic E-state index is 0.324. The third kappa shape index (κ3) is 10.5. The molecule has 0 unspecified atom stereocenters. The van der Waals surface area contributed by atoms with Crippen LogP contribution in [0.5, 0.6) is 0 Å². The Bertz CT molecular complexity index is 197. The summed E-state index contributed by atoms with van der Waals surface area (Å²) < 4.78 is 4.82. The number of amides is 2. The normalized spacial score (nSPS) is 9.40. The van der Waals surface area contributed by atoms with Crippen LogP contribution in [0.4, 0.5) is 9.59 Å². The van der Waals surface area contributed by atoms with Gasteiger partial charge in [0.25, 0.3) is 0 Å². The second-order valence-electron chi connectivity index (χ2n) is 3.00. The van der Waals surface area contributed by atoms with Crippen LogP contribution in [0.2, 0.25) is 0 Å². The van der Waals surface area contributed by atoms with E-state index in [4.69, 9.17) is 9.84 Å². The molecular formula is C9H18N2O4. The van der Waals surface area contributed by atoms with E-state index >= 15 is 0 Å². The zero-order valence-electron chi connectivity index (χ0n) is 8.91. The molecule has 0 spiro atoms. The largest absolute Gasteiger partial charge is 0.465 e. The van der Waals surface area contributed by atoms with Crippen LogP contribution in [-0.2, 0) is 4.74 Å². The van der Waals surface area contributed by atoms with Gasteiger partial charge in [0.05, 0.1) is 6.61 Å². The van der Waals surface area contributed by atoms with Gasteiger partial charge < -0.3 is 20.5 Å². The van der Waals surface area contributed by atoms with Gasteiger partial charge in [0, 0.05) is 13.1 Å². The van der Waals surface area contributed by atoms with Crippen LogP contribution >= 0.6 is 0 Å². The second-order valence-corrected chi connectivity index (χ2v) is 3.00. The Morgan fingerprint density at radius 2 is 1.87 bits per heavy atom. The molecule has 0 radical (unpaired) electrons. The van der Waals surface area contributed by atoms with Crippen LogP contribution in [0.1, 0.15) is 26.2 Å². The maximum atomic E-state index is 10.9. The fourth-order valence-electron chi connectivity index (χ4n) is 0.834. The number of carbonyl (C=O) groups is 2. The van der Waals surface area contributed by atoms with Crippen molar-refractivity contribution < 1.29 is 19.4 Å². The third-order valence-electron chi connectivity index (χ3n) is 1.63. The fraction of sp³-hybridized carbons (Fsp3) is 0.778. The standard InChI is InChI=1S/C9H18N2O4/c1-2-3-7-15-9(14)11-6-4-5-10-8(12)13/h10H,2-7H2,1H3,(H,11,14)(H,12,13). The topological polar surface area (TPSA) is 87.7 Å². The van der Waals surface area contributed by atoms with Crippen LogP contribution in [0.15, 0.2) is 0 Å². The molecule has 0 aromatic heterocycles. The van der Waals surface area contributed by atoms with Gasteiger partial charge in [-0.15, -0.1) is 0 Å². The molecule has 0 heterocycles. The van der Waals surface area contributed by atoms with Gasteiger partial charge in [0.1, 0.15) is 0 Å². The Labute approximate surface area is 89.0 Å². The molecule has 6 heteroatoms. The molecule has 0 bridgehead atoms. The predicted molar refractivity (Wildman–Crippen MR) is 54.9 cm³/mol. The number of ether oxygens (including phenoxy) is 1. The fourth-order valence-corrected chi connectivity index (χ4v) is 0.834. The van der Waals surface area contributed by atoms with Gasteiger partial charge >= 0.3 is 12.2 Å². The lowest BCUT2D eigenvalue weighted by Crippen LogP contribution is -2.29. The Balaban J connectivity index is 3.20. The highest BCUT2D eigenvalue weighted by atomic mass is 16.5. The van der Waals surface area contributed by atoms with Crippen molar-refractivity contribution in [3.63, 3.8) is 0 Å². The average molecular weight is 218 g/mol. The average Bonchev–Trinajstić information content (AvgIpc) is 2.17. The molecule has 0 atom stereocenters. The van der Waals surface area contributed by atoms with Crippen molar-refractivity contribution >= 4 is 12.2 Å². The number of hydrogen-bond acceptors (Lipinski definition) is 3. The summed E-state index contributed by atoms with van der Waals surface area (Å²) in [4.78, 5) is 21.0. The molecule has 0 aliphatic heterocycles. The lowest BCUT2D eigenvalue weighted by atomic mass is 10.4. The van der Waals surface area contributed by atoms with Crippen molar-refractivity contribution in [3.05, 3.63) is 0 Å². The molecule has 6 nitrogen and oxygen atoms in total. The number of carboxylic acid groups (broad SMARTS) is 1. The first kappa shape index (κ1) is 13.5. The smallest absolute Gasteiger partial charge is 0.407 e. The molecule has 0 saturated heterocycles. The van der Waals surface area contributed by atoms with E-state index in [-0.39, 0.29) is 0 Å². The first-order chi connectivity index (χ1) is 7.16. The van der Waals surface area contributed by atoms with Crippen molar-refractivity contribution in [3.8, 4) is 0 Å². The van der Waals surface area contributed by atoms with Gasteiger partial charge in [-0.25, -0.2) is 9.59 Å². The van der Waals surface area contributed by atoms with E-state index in [1.54, 1.807) is 0 Å². The highest BCUT2D eigenvalue weighted by Crippen LogP contribution is 1.88. The van der Waals surface area contributed by atoms with Crippen molar-refractivity contribution in [2.45, 2.75) is 26.2 Å². The maximum absolute atomic E-state index is 10.9. The van der Waals surface area contributed by atoms with Gasteiger partial charge in [-0.05, 0) is 12.8 Å². The molecule has 0 aromatic rings. The summed E-state index contributed by atoms with van der Waals surface area (Å²) in [6, 6.07) is 0. The van der Waals surface area contributed by atoms with E-state index in [2.05, 4.69) is 10.6 Å². The van der Waals surface area contributed by atoms with Crippen molar-refractivity contribution in [1.29, 1.82) is 0 Å². The molecule has 0 aliphatic rings. The van der Waals surface area contributed by atoms with Crippen LogP contribution in [-0.4, -0.2) is 37.0 Å². The molecule has 0 saturated carbocycles. The highest BCUT2D eigenvalue weighted by molar-refractivity contribution is 5.67. The number of hydrogen-bond donors (Lipinski definition) is 3. The highest BCUT2D eigenvalue weighted by Gasteiger charge is 2.00. The maximum Gasteiger partial charge on any atom is 0.407 e. The lowest BCUT2D eigenvalue weighted by Gasteiger charge is -2.06. The summed E-state index contributed by atoms with van der Waals surface area (Å²) in [5.74, 6) is 0. The van der Waals surface area contributed by atoms with E-state index in [1.807, 2.05) is 6.92 Å². The van der Waals surface area contributed by atoms with Gasteiger partial charge in [-0.1, -0.05) is 13.3 Å². The summed E-state index contributed by atoms with van der Waals surface area (Å²) in [6.45, 7) is 3.17. The van der Waals surface area contributed by atoms with E-state index in [0.29, 0.717) is 26.1 Å². The number of nitrogens with one attached hydrogen (secondary N) is 2. The Kier molecular flexibility index (Phi) is 8.22. The Morgan fingerprint density at radius 3 is 2.47 bits per heavy atom. The minimum Gasteiger partial charge on any atom is -0.465 e. The molecule has 15 heavy (non-hydrogen) atoms. The van der Waals surface area contributed by atoms with Crippen LogP contribution < -0.4 is 10.6 Å². The van der Waals surface area contributed by atoms with Gasteiger partial charge in [-0.3, -0.25) is 0 Å². The summed E-state index contributed by atoms with van der Waals surface area (Å²) in [7, 11) is 0. The zero-order chi connectivity index (χ0) is 11.5. The van der Waals surface area contributed by atoms with E-state index in [1.165, 1.54) is 0 Å². The molecule has 88 valence electrons. The Morgan fingerprint density at radius 1 is 1.20 bits per heavy atom.